The van der Waals surface area contributed by atoms with E-state index >= 15 is 0 Å². The van der Waals surface area contributed by atoms with E-state index in [1.54, 1.807) is 12.4 Å². The molecule has 0 atom stereocenters. The highest BCUT2D eigenvalue weighted by atomic mass is 15.1. The zero-order valence-corrected chi connectivity index (χ0v) is 14.5. The Balaban J connectivity index is 1.78. The molecule has 0 spiro atoms. The second-order valence-corrected chi connectivity index (χ2v) is 6.08. The normalized spacial score (nSPS) is 10.9. The van der Waals surface area contributed by atoms with Crippen molar-refractivity contribution in [3.8, 4) is 17.5 Å². The fraction of sp³-hybridized carbons (Fsp3) is 0.200. The van der Waals surface area contributed by atoms with Gasteiger partial charge in [0, 0.05) is 30.7 Å². The summed E-state index contributed by atoms with van der Waals surface area (Å²) in [4.78, 5) is 13.5. The van der Waals surface area contributed by atoms with Crippen molar-refractivity contribution in [3.05, 3.63) is 66.5 Å². The summed E-state index contributed by atoms with van der Waals surface area (Å²) in [7, 11) is 0. The number of hydrogen-bond acceptors (Lipinski definition) is 4. The first kappa shape index (κ1) is 16.0. The minimum Gasteiger partial charge on any atom is -0.325 e. The van der Waals surface area contributed by atoms with Gasteiger partial charge in [-0.05, 0) is 24.6 Å². The summed E-state index contributed by atoms with van der Waals surface area (Å²) < 4.78 is 4.25. The maximum absolute atomic E-state index is 9.40. The molecule has 6 nitrogen and oxygen atoms in total. The summed E-state index contributed by atoms with van der Waals surface area (Å²) >= 11 is 0. The molecule has 3 aromatic heterocycles. The van der Waals surface area contributed by atoms with Crippen molar-refractivity contribution in [2.75, 3.05) is 0 Å². The highest BCUT2D eigenvalue weighted by Gasteiger charge is 2.15. The largest absolute Gasteiger partial charge is 0.325 e. The molecule has 1 aromatic carbocycles. The van der Waals surface area contributed by atoms with Crippen LogP contribution in [0.5, 0.6) is 0 Å². The van der Waals surface area contributed by atoms with Gasteiger partial charge >= 0.3 is 0 Å². The monoisotopic (exact) mass is 342 g/mol. The maximum atomic E-state index is 9.40. The number of rotatable bonds is 5. The Morgan fingerprint density at radius 1 is 1.15 bits per heavy atom. The molecule has 4 aromatic rings. The molecule has 0 fully saturated rings. The molecule has 0 N–H and O–H groups in total. The molecule has 0 saturated carbocycles. The van der Waals surface area contributed by atoms with E-state index < -0.39 is 0 Å². The summed E-state index contributed by atoms with van der Waals surface area (Å²) in [6.07, 6.45) is 8.33. The molecule has 4 rings (SSSR count). The number of fused-ring (bicyclic) bond motifs is 1. The van der Waals surface area contributed by atoms with Crippen LogP contribution >= 0.6 is 0 Å². The Bertz CT molecular complexity index is 1100. The van der Waals surface area contributed by atoms with Gasteiger partial charge in [0.1, 0.15) is 11.6 Å². The fourth-order valence-electron chi connectivity index (χ4n) is 3.22. The Labute approximate surface area is 151 Å². The first-order valence-corrected chi connectivity index (χ1v) is 8.61. The van der Waals surface area contributed by atoms with Gasteiger partial charge in [-0.3, -0.25) is 4.98 Å². The summed E-state index contributed by atoms with van der Waals surface area (Å²) in [5.41, 5.74) is 3.44. The minimum absolute atomic E-state index is 0.587. The van der Waals surface area contributed by atoms with Gasteiger partial charge in [0.25, 0.3) is 0 Å². The molecular weight excluding hydrogens is 324 g/mol. The molecule has 0 saturated heterocycles. The zero-order valence-electron chi connectivity index (χ0n) is 14.5. The van der Waals surface area contributed by atoms with Gasteiger partial charge in [-0.2, -0.15) is 5.26 Å². The van der Waals surface area contributed by atoms with Gasteiger partial charge in [0.2, 0.25) is 0 Å². The third-order valence-corrected chi connectivity index (χ3v) is 4.39. The van der Waals surface area contributed by atoms with E-state index in [9.17, 15) is 5.26 Å². The van der Waals surface area contributed by atoms with Crippen LogP contribution in [0.25, 0.3) is 22.4 Å². The average molecular weight is 342 g/mol. The van der Waals surface area contributed by atoms with Crippen LogP contribution in [0.4, 0.5) is 0 Å². The predicted octanol–water partition coefficient (Wildman–Crippen LogP) is 3.62. The average Bonchev–Trinajstić information content (AvgIpc) is 3.27. The number of aryl methyl sites for hydroxylation is 1. The van der Waals surface area contributed by atoms with Gasteiger partial charge in [0.15, 0.2) is 0 Å². The Morgan fingerprint density at radius 2 is 2.04 bits per heavy atom. The van der Waals surface area contributed by atoms with E-state index in [0.29, 0.717) is 12.1 Å². The fourth-order valence-corrected chi connectivity index (χ4v) is 3.22. The lowest BCUT2D eigenvalue weighted by Gasteiger charge is -2.11. The summed E-state index contributed by atoms with van der Waals surface area (Å²) in [5, 5.41) is 9.40. The lowest BCUT2D eigenvalue weighted by atomic mass is 10.1. The van der Waals surface area contributed by atoms with E-state index in [0.717, 1.165) is 41.2 Å². The molecule has 0 radical (unpaired) electrons. The molecule has 0 aliphatic carbocycles. The van der Waals surface area contributed by atoms with Gasteiger partial charge in [-0.25, -0.2) is 9.97 Å². The summed E-state index contributed by atoms with van der Waals surface area (Å²) in [6.45, 7) is 3.62. The van der Waals surface area contributed by atoms with Crippen LogP contribution in [0.15, 0.2) is 55.1 Å². The quantitative estimate of drug-likeness (QED) is 0.555. The third-order valence-electron chi connectivity index (χ3n) is 4.39. The van der Waals surface area contributed by atoms with Gasteiger partial charge in [0.05, 0.1) is 35.4 Å². The molecule has 128 valence electrons. The van der Waals surface area contributed by atoms with Crippen LogP contribution in [0.1, 0.15) is 24.7 Å². The van der Waals surface area contributed by atoms with Gasteiger partial charge < -0.3 is 9.13 Å². The van der Waals surface area contributed by atoms with Crippen LogP contribution < -0.4 is 0 Å². The molecule has 0 amide bonds. The lowest BCUT2D eigenvalue weighted by molar-refractivity contribution is 0.627. The molecule has 6 heteroatoms. The van der Waals surface area contributed by atoms with Crippen molar-refractivity contribution in [1.29, 1.82) is 5.26 Å². The molecule has 0 unspecified atom stereocenters. The minimum atomic E-state index is 0.587. The second-order valence-electron chi connectivity index (χ2n) is 6.08. The Morgan fingerprint density at radius 3 is 2.88 bits per heavy atom. The molecule has 0 bridgehead atoms. The van der Waals surface area contributed by atoms with Crippen LogP contribution in [0.3, 0.4) is 0 Å². The number of aromatic nitrogens is 5. The number of nitrogens with zero attached hydrogens (tertiary/aromatic N) is 6. The second kappa shape index (κ2) is 6.81. The Kier molecular flexibility index (Phi) is 4.20. The SMILES string of the molecule is CCCn1c(Cn2ccnc2-c2ccccc2C#N)nc2ccncc21. The summed E-state index contributed by atoms with van der Waals surface area (Å²) in [6, 6.07) is 11.7. The topological polar surface area (TPSA) is 72.3 Å². The van der Waals surface area contributed by atoms with Crippen molar-refractivity contribution in [1.82, 2.24) is 24.1 Å². The Hall–Kier alpha value is -3.46. The third kappa shape index (κ3) is 2.74. The zero-order chi connectivity index (χ0) is 17.9. The van der Waals surface area contributed by atoms with E-state index in [-0.39, 0.29) is 0 Å². The molecule has 0 aliphatic rings. The van der Waals surface area contributed by atoms with Crippen LogP contribution in [0, 0.1) is 11.3 Å². The van der Waals surface area contributed by atoms with E-state index in [1.807, 2.05) is 47.3 Å². The standard InChI is InChI=1S/C20H18N6/c1-2-10-26-18-13-22-8-7-17(18)24-19(26)14-25-11-9-23-20(25)16-6-4-3-5-15(16)12-21/h3-9,11,13H,2,10,14H2,1H3. The molecule has 26 heavy (non-hydrogen) atoms. The maximum Gasteiger partial charge on any atom is 0.141 e. The molecular formula is C20H18N6. The van der Waals surface area contributed by atoms with Crippen LogP contribution in [0.2, 0.25) is 0 Å². The first-order chi connectivity index (χ1) is 12.8. The van der Waals surface area contributed by atoms with E-state index in [4.69, 9.17) is 4.98 Å². The highest BCUT2D eigenvalue weighted by Crippen LogP contribution is 2.23. The van der Waals surface area contributed by atoms with Crippen molar-refractivity contribution in [2.45, 2.75) is 26.4 Å². The van der Waals surface area contributed by atoms with E-state index in [2.05, 4.69) is 27.5 Å². The number of benzene rings is 1. The van der Waals surface area contributed by atoms with Crippen LogP contribution in [-0.4, -0.2) is 24.1 Å². The molecule has 0 aliphatic heterocycles. The lowest BCUT2D eigenvalue weighted by Crippen LogP contribution is -2.09. The van der Waals surface area contributed by atoms with Crippen molar-refractivity contribution in [3.63, 3.8) is 0 Å². The number of hydrogen-bond donors (Lipinski definition) is 0. The van der Waals surface area contributed by atoms with Crippen molar-refractivity contribution in [2.24, 2.45) is 0 Å². The smallest absolute Gasteiger partial charge is 0.141 e. The van der Waals surface area contributed by atoms with Crippen LogP contribution in [-0.2, 0) is 13.1 Å². The van der Waals surface area contributed by atoms with E-state index in [1.165, 1.54) is 0 Å². The summed E-state index contributed by atoms with van der Waals surface area (Å²) in [5.74, 6) is 1.74. The number of imidazole rings is 2. The first-order valence-electron chi connectivity index (χ1n) is 8.61. The molecule has 3 heterocycles. The van der Waals surface area contributed by atoms with Crippen molar-refractivity contribution >= 4 is 11.0 Å². The van der Waals surface area contributed by atoms with Gasteiger partial charge in [-0.15, -0.1) is 0 Å². The van der Waals surface area contributed by atoms with Crippen molar-refractivity contribution < 1.29 is 0 Å². The number of nitriles is 1. The van der Waals surface area contributed by atoms with Gasteiger partial charge in [-0.1, -0.05) is 19.1 Å². The highest BCUT2D eigenvalue weighted by molar-refractivity contribution is 5.74. The predicted molar refractivity (Wildman–Crippen MR) is 99.3 cm³/mol. The number of pyridine rings is 1.